The van der Waals surface area contributed by atoms with Gasteiger partial charge < -0.3 is 14.8 Å². The van der Waals surface area contributed by atoms with Gasteiger partial charge in [0.1, 0.15) is 18.5 Å². The van der Waals surface area contributed by atoms with E-state index in [1.807, 2.05) is 62.4 Å². The van der Waals surface area contributed by atoms with Gasteiger partial charge >= 0.3 is 0 Å². The Morgan fingerprint density at radius 3 is 2.64 bits per heavy atom. The van der Waals surface area contributed by atoms with Crippen LogP contribution in [0.4, 0.5) is 5.69 Å². The average Bonchev–Trinajstić information content (AvgIpc) is 2.50. The molecule has 0 bridgehead atoms. The molecule has 1 N–H and O–H groups in total. The second kappa shape index (κ2) is 8.01. The molecule has 2 aromatic rings. The number of aryl methyl sites for hydroxylation is 1. The second-order valence-electron chi connectivity index (χ2n) is 4.93. The Hall–Kier alpha value is -1.78. The van der Waals surface area contributed by atoms with Crippen molar-refractivity contribution < 1.29 is 9.47 Å². The molecule has 0 fully saturated rings. The van der Waals surface area contributed by atoms with Crippen LogP contribution in [0.15, 0.2) is 48.5 Å². The molecule has 0 radical (unpaired) electrons. The molecular weight excluding hydrogens is 318 g/mol. The predicted octanol–water partition coefficient (Wildman–Crippen LogP) is 4.83. The summed E-state index contributed by atoms with van der Waals surface area (Å²) in [5.41, 5.74) is 1.82. The lowest BCUT2D eigenvalue weighted by molar-refractivity contribution is 0.136. The molecule has 2 aromatic carbocycles. The van der Waals surface area contributed by atoms with E-state index >= 15 is 0 Å². The Kier molecular flexibility index (Phi) is 6.04. The van der Waals surface area contributed by atoms with Crippen molar-refractivity contribution in [2.45, 2.75) is 20.0 Å². The van der Waals surface area contributed by atoms with Crippen molar-refractivity contribution in [1.82, 2.24) is 0 Å². The summed E-state index contributed by atoms with van der Waals surface area (Å²) < 4.78 is 11.2. The molecule has 0 aliphatic carbocycles. The highest BCUT2D eigenvalue weighted by molar-refractivity contribution is 7.80. The summed E-state index contributed by atoms with van der Waals surface area (Å²) >= 11 is 11.3. The van der Waals surface area contributed by atoms with Crippen LogP contribution in [0, 0.1) is 6.92 Å². The first-order valence-electron chi connectivity index (χ1n) is 6.96. The fraction of sp³-hybridized carbons (Fsp3) is 0.235. The van der Waals surface area contributed by atoms with Gasteiger partial charge in [-0.25, -0.2) is 0 Å². The predicted molar refractivity (Wildman–Crippen MR) is 94.9 cm³/mol. The molecular formula is C17H18ClNO2S. The van der Waals surface area contributed by atoms with Crippen LogP contribution in [0.3, 0.4) is 0 Å². The van der Waals surface area contributed by atoms with Crippen LogP contribution in [0.1, 0.15) is 12.5 Å². The minimum absolute atomic E-state index is 0.166. The molecule has 0 saturated carbocycles. The maximum Gasteiger partial charge on any atom is 0.261 e. The second-order valence-corrected chi connectivity index (χ2v) is 5.71. The van der Waals surface area contributed by atoms with Gasteiger partial charge in [0, 0.05) is 10.7 Å². The maximum atomic E-state index is 6.08. The summed E-state index contributed by atoms with van der Waals surface area (Å²) in [7, 11) is 0. The van der Waals surface area contributed by atoms with E-state index in [0.717, 1.165) is 17.0 Å². The maximum absolute atomic E-state index is 6.08. The number of para-hydroxylation sites is 1. The highest BCUT2D eigenvalue weighted by Gasteiger charge is 2.08. The first-order chi connectivity index (χ1) is 10.5. The zero-order valence-electron chi connectivity index (χ0n) is 12.5. The Morgan fingerprint density at radius 1 is 1.23 bits per heavy atom. The normalized spacial score (nSPS) is 11.6. The molecule has 0 heterocycles. The fourth-order valence-corrected chi connectivity index (χ4v) is 2.23. The van der Waals surface area contributed by atoms with Crippen LogP contribution in [0.2, 0.25) is 5.02 Å². The van der Waals surface area contributed by atoms with Gasteiger partial charge in [0.15, 0.2) is 0 Å². The van der Waals surface area contributed by atoms with Crippen molar-refractivity contribution in [2.24, 2.45) is 0 Å². The van der Waals surface area contributed by atoms with Gasteiger partial charge in [-0.3, -0.25) is 0 Å². The number of hydrogen-bond donors (Lipinski definition) is 1. The average molecular weight is 336 g/mol. The van der Waals surface area contributed by atoms with Crippen molar-refractivity contribution in [3.05, 3.63) is 59.1 Å². The molecule has 0 aliphatic rings. The Morgan fingerprint density at radius 2 is 1.95 bits per heavy atom. The van der Waals surface area contributed by atoms with E-state index in [0.29, 0.717) is 16.8 Å². The number of benzene rings is 2. The molecule has 1 unspecified atom stereocenters. The molecule has 22 heavy (non-hydrogen) atoms. The largest absolute Gasteiger partial charge is 0.490 e. The van der Waals surface area contributed by atoms with Crippen molar-refractivity contribution in [3.63, 3.8) is 0 Å². The number of halogens is 1. The third kappa shape index (κ3) is 5.20. The number of ether oxygens (including phenoxy) is 2. The van der Waals surface area contributed by atoms with E-state index in [2.05, 4.69) is 5.32 Å². The van der Waals surface area contributed by atoms with Crippen molar-refractivity contribution in [2.75, 3.05) is 11.9 Å². The van der Waals surface area contributed by atoms with Crippen LogP contribution < -0.4 is 10.1 Å². The van der Waals surface area contributed by atoms with Gasteiger partial charge in [0.25, 0.3) is 5.17 Å². The van der Waals surface area contributed by atoms with Gasteiger partial charge in [0.2, 0.25) is 0 Å². The molecule has 0 aromatic heterocycles. The standard InChI is InChI=1S/C17H18ClNO2S/c1-12-8-9-14(10-16(12)18)19-17(22)21-13(2)11-20-15-6-4-3-5-7-15/h3-10,13H,11H2,1-2H3,(H,19,22). The van der Waals surface area contributed by atoms with Crippen LogP contribution in [-0.2, 0) is 4.74 Å². The zero-order valence-corrected chi connectivity index (χ0v) is 14.1. The highest BCUT2D eigenvalue weighted by atomic mass is 35.5. The SMILES string of the molecule is Cc1ccc(NC(=S)OC(C)COc2ccccc2)cc1Cl. The molecule has 1 atom stereocenters. The highest BCUT2D eigenvalue weighted by Crippen LogP contribution is 2.20. The summed E-state index contributed by atoms with van der Waals surface area (Å²) in [6.07, 6.45) is -0.166. The monoisotopic (exact) mass is 335 g/mol. The Bertz CT molecular complexity index is 634. The van der Waals surface area contributed by atoms with Gasteiger partial charge in [-0.2, -0.15) is 0 Å². The van der Waals surface area contributed by atoms with Crippen LogP contribution in [0.5, 0.6) is 5.75 Å². The molecule has 2 rings (SSSR count). The minimum Gasteiger partial charge on any atom is -0.490 e. The van der Waals surface area contributed by atoms with E-state index in [1.165, 1.54) is 0 Å². The van der Waals surface area contributed by atoms with Crippen LogP contribution in [0.25, 0.3) is 0 Å². The van der Waals surface area contributed by atoms with E-state index in [-0.39, 0.29) is 6.10 Å². The lowest BCUT2D eigenvalue weighted by Gasteiger charge is -2.17. The topological polar surface area (TPSA) is 30.5 Å². The molecule has 3 nitrogen and oxygen atoms in total. The van der Waals surface area contributed by atoms with E-state index < -0.39 is 0 Å². The molecule has 0 saturated heterocycles. The minimum atomic E-state index is -0.166. The zero-order chi connectivity index (χ0) is 15.9. The summed E-state index contributed by atoms with van der Waals surface area (Å²) in [5, 5.41) is 3.99. The van der Waals surface area contributed by atoms with Gasteiger partial charge in [-0.15, -0.1) is 0 Å². The van der Waals surface area contributed by atoms with Gasteiger partial charge in [-0.05, 0) is 55.9 Å². The van der Waals surface area contributed by atoms with E-state index in [4.69, 9.17) is 33.3 Å². The molecule has 5 heteroatoms. The molecule has 0 aliphatic heterocycles. The first kappa shape index (κ1) is 16.6. The smallest absolute Gasteiger partial charge is 0.261 e. The van der Waals surface area contributed by atoms with Crippen molar-refractivity contribution in [3.8, 4) is 5.75 Å². The van der Waals surface area contributed by atoms with Gasteiger partial charge in [-0.1, -0.05) is 35.9 Å². The lowest BCUT2D eigenvalue weighted by Crippen LogP contribution is -2.25. The first-order valence-corrected chi connectivity index (χ1v) is 7.75. The molecule has 116 valence electrons. The van der Waals surface area contributed by atoms with E-state index in [9.17, 15) is 0 Å². The lowest BCUT2D eigenvalue weighted by atomic mass is 10.2. The van der Waals surface area contributed by atoms with E-state index in [1.54, 1.807) is 0 Å². The van der Waals surface area contributed by atoms with Crippen LogP contribution >= 0.6 is 23.8 Å². The van der Waals surface area contributed by atoms with Gasteiger partial charge in [0.05, 0.1) is 0 Å². The third-order valence-electron chi connectivity index (χ3n) is 2.95. The number of hydrogen-bond acceptors (Lipinski definition) is 3. The van der Waals surface area contributed by atoms with Crippen molar-refractivity contribution in [1.29, 1.82) is 0 Å². The number of anilines is 1. The molecule has 0 spiro atoms. The Balaban J connectivity index is 1.79. The van der Waals surface area contributed by atoms with Crippen LogP contribution in [-0.4, -0.2) is 17.9 Å². The number of nitrogens with one attached hydrogen (secondary N) is 1. The quantitative estimate of drug-likeness (QED) is 0.793. The van der Waals surface area contributed by atoms with Crippen molar-refractivity contribution >= 4 is 34.7 Å². The third-order valence-corrected chi connectivity index (χ3v) is 3.56. The number of thiocarbonyl (C=S) groups is 1. The number of rotatable bonds is 5. The summed E-state index contributed by atoms with van der Waals surface area (Å²) in [5.74, 6) is 0.808. The summed E-state index contributed by atoms with van der Waals surface area (Å²) in [6.45, 7) is 4.27. The Labute approximate surface area is 141 Å². The fourth-order valence-electron chi connectivity index (χ4n) is 1.76. The molecule has 0 amide bonds. The summed E-state index contributed by atoms with van der Waals surface area (Å²) in [6, 6.07) is 15.2. The summed E-state index contributed by atoms with van der Waals surface area (Å²) in [4.78, 5) is 0.